The van der Waals surface area contributed by atoms with Crippen LogP contribution in [0.25, 0.3) is 0 Å². The van der Waals surface area contributed by atoms with Crippen LogP contribution in [0, 0.1) is 0 Å². The highest BCUT2D eigenvalue weighted by molar-refractivity contribution is 5.93. The maximum absolute atomic E-state index is 11.4. The maximum atomic E-state index is 11.4. The lowest BCUT2D eigenvalue weighted by atomic mass is 10.3. The van der Waals surface area contributed by atoms with Gasteiger partial charge in [-0.15, -0.1) is 0 Å². The average Bonchev–Trinajstić information content (AvgIpc) is 2.70. The molecule has 0 saturated carbocycles. The molecule has 1 aromatic heterocycles. The number of aliphatic carboxylic acids is 1. The van der Waals surface area contributed by atoms with Gasteiger partial charge in [0.05, 0.1) is 0 Å². The van der Waals surface area contributed by atoms with Gasteiger partial charge in [-0.1, -0.05) is 0 Å². The van der Waals surface area contributed by atoms with Crippen molar-refractivity contribution in [1.82, 2.24) is 20.6 Å². The number of nitrogens with one attached hydrogen (secondary N) is 2. The minimum Gasteiger partial charge on any atom is -0.550 e. The lowest BCUT2D eigenvalue weighted by Gasteiger charge is -2.05. The molecule has 0 aliphatic rings. The number of hydrazine groups is 1. The quantitative estimate of drug-likeness (QED) is 0.574. The first-order valence-electron chi connectivity index (χ1n) is 4.77. The van der Waals surface area contributed by atoms with Crippen molar-refractivity contribution in [2.75, 3.05) is 0 Å². The second-order valence-corrected chi connectivity index (χ2v) is 3.25. The zero-order valence-electron chi connectivity index (χ0n) is 9.10. The number of carboxylic acid groups (broad SMARTS) is 1. The van der Waals surface area contributed by atoms with Gasteiger partial charge in [-0.25, -0.2) is 0 Å². The van der Waals surface area contributed by atoms with Gasteiger partial charge in [0.1, 0.15) is 0 Å². The van der Waals surface area contributed by atoms with E-state index in [0.29, 0.717) is 0 Å². The van der Waals surface area contributed by atoms with Crippen LogP contribution in [0.4, 0.5) is 0 Å². The molecule has 1 heterocycles. The summed E-state index contributed by atoms with van der Waals surface area (Å²) in [5, 5.41) is 13.9. The summed E-state index contributed by atoms with van der Waals surface area (Å²) in [5.41, 5.74) is 4.32. The molecule has 0 atom stereocenters. The SMILES string of the molecule is Cn1ccc(C(=O)NNC(=O)CCC(=O)[O-])n1. The molecule has 2 amide bonds. The predicted molar refractivity (Wildman–Crippen MR) is 53.1 cm³/mol. The normalized spacial score (nSPS) is 9.71. The third-order valence-electron chi connectivity index (χ3n) is 1.82. The summed E-state index contributed by atoms with van der Waals surface area (Å²) in [4.78, 5) is 32.5. The van der Waals surface area contributed by atoms with Crippen molar-refractivity contribution < 1.29 is 19.5 Å². The maximum Gasteiger partial charge on any atom is 0.290 e. The summed E-state index contributed by atoms with van der Waals surface area (Å²) >= 11 is 0. The Hall–Kier alpha value is -2.38. The van der Waals surface area contributed by atoms with Crippen molar-refractivity contribution in [2.45, 2.75) is 12.8 Å². The Labute approximate surface area is 96.6 Å². The summed E-state index contributed by atoms with van der Waals surface area (Å²) in [6.45, 7) is 0. The topological polar surface area (TPSA) is 116 Å². The number of hydrogen-bond acceptors (Lipinski definition) is 5. The largest absolute Gasteiger partial charge is 0.550 e. The number of nitrogens with zero attached hydrogens (tertiary/aromatic N) is 2. The number of carbonyl (C=O) groups is 3. The number of carboxylic acids is 1. The van der Waals surface area contributed by atoms with E-state index in [-0.39, 0.29) is 12.1 Å². The molecule has 8 nitrogen and oxygen atoms in total. The zero-order chi connectivity index (χ0) is 12.8. The molecule has 0 spiro atoms. The number of amides is 2. The van der Waals surface area contributed by atoms with Crippen molar-refractivity contribution in [3.8, 4) is 0 Å². The summed E-state index contributed by atoms with van der Waals surface area (Å²) in [6, 6.07) is 1.47. The van der Waals surface area contributed by atoms with Crippen molar-refractivity contribution >= 4 is 17.8 Å². The van der Waals surface area contributed by atoms with Gasteiger partial charge >= 0.3 is 0 Å². The Morgan fingerprint density at radius 1 is 1.35 bits per heavy atom. The second kappa shape index (κ2) is 5.64. The van der Waals surface area contributed by atoms with Crippen LogP contribution in [0.5, 0.6) is 0 Å². The van der Waals surface area contributed by atoms with Crippen LogP contribution in [0.3, 0.4) is 0 Å². The van der Waals surface area contributed by atoms with E-state index in [1.165, 1.54) is 10.7 Å². The third-order valence-corrected chi connectivity index (χ3v) is 1.82. The average molecular weight is 239 g/mol. The highest BCUT2D eigenvalue weighted by Gasteiger charge is 2.09. The first-order chi connectivity index (χ1) is 7.99. The number of aromatic nitrogens is 2. The Balaban J connectivity index is 2.33. The Bertz CT molecular complexity index is 440. The van der Waals surface area contributed by atoms with Crippen LogP contribution in [0.2, 0.25) is 0 Å². The lowest BCUT2D eigenvalue weighted by Crippen LogP contribution is -2.42. The van der Waals surface area contributed by atoms with Gasteiger partial charge in [0.2, 0.25) is 5.91 Å². The van der Waals surface area contributed by atoms with E-state index in [1.54, 1.807) is 13.2 Å². The molecule has 0 aliphatic carbocycles. The molecule has 17 heavy (non-hydrogen) atoms. The molecule has 2 N–H and O–H groups in total. The van der Waals surface area contributed by atoms with Gasteiger partial charge in [-0.05, 0) is 12.5 Å². The van der Waals surface area contributed by atoms with Crippen LogP contribution in [-0.4, -0.2) is 27.6 Å². The second-order valence-electron chi connectivity index (χ2n) is 3.25. The fraction of sp³-hybridized carbons (Fsp3) is 0.333. The van der Waals surface area contributed by atoms with Crippen molar-refractivity contribution in [3.05, 3.63) is 18.0 Å². The number of carbonyl (C=O) groups excluding carboxylic acids is 3. The van der Waals surface area contributed by atoms with Gasteiger partial charge in [0.15, 0.2) is 5.69 Å². The summed E-state index contributed by atoms with van der Waals surface area (Å²) in [7, 11) is 1.65. The molecule has 0 bridgehead atoms. The number of hydrogen-bond donors (Lipinski definition) is 2. The van der Waals surface area contributed by atoms with Crippen molar-refractivity contribution in [3.63, 3.8) is 0 Å². The highest BCUT2D eigenvalue weighted by Crippen LogP contribution is 1.92. The first-order valence-corrected chi connectivity index (χ1v) is 4.77. The fourth-order valence-corrected chi connectivity index (χ4v) is 1.00. The highest BCUT2D eigenvalue weighted by atomic mass is 16.4. The summed E-state index contributed by atoms with van der Waals surface area (Å²) < 4.78 is 1.44. The summed E-state index contributed by atoms with van der Waals surface area (Å²) in [6.07, 6.45) is 0.920. The zero-order valence-corrected chi connectivity index (χ0v) is 9.10. The minimum absolute atomic E-state index is 0.146. The van der Waals surface area contributed by atoms with Crippen LogP contribution in [-0.2, 0) is 16.6 Å². The molecule has 0 saturated heterocycles. The van der Waals surface area contributed by atoms with Crippen LogP contribution < -0.4 is 16.0 Å². The van der Waals surface area contributed by atoms with Crippen LogP contribution in [0.15, 0.2) is 12.3 Å². The van der Waals surface area contributed by atoms with E-state index >= 15 is 0 Å². The molecule has 1 aromatic rings. The van der Waals surface area contributed by atoms with Crippen LogP contribution >= 0.6 is 0 Å². The van der Waals surface area contributed by atoms with Crippen LogP contribution in [0.1, 0.15) is 23.3 Å². The van der Waals surface area contributed by atoms with Crippen molar-refractivity contribution in [2.24, 2.45) is 7.05 Å². The Morgan fingerprint density at radius 3 is 2.59 bits per heavy atom. The van der Waals surface area contributed by atoms with E-state index in [1.807, 2.05) is 0 Å². The minimum atomic E-state index is -1.32. The monoisotopic (exact) mass is 239 g/mol. The molecule has 0 unspecified atom stereocenters. The molecule has 0 fully saturated rings. The van der Waals surface area contributed by atoms with E-state index in [4.69, 9.17) is 0 Å². The van der Waals surface area contributed by atoms with Gasteiger partial charge in [0, 0.05) is 25.6 Å². The Kier molecular flexibility index (Phi) is 4.21. The molecule has 1 rings (SSSR count). The molecule has 92 valence electrons. The van der Waals surface area contributed by atoms with Gasteiger partial charge in [-0.2, -0.15) is 5.10 Å². The third kappa shape index (κ3) is 4.33. The molecule has 0 aromatic carbocycles. The molecular weight excluding hydrogens is 228 g/mol. The van der Waals surface area contributed by atoms with E-state index in [9.17, 15) is 19.5 Å². The fourth-order valence-electron chi connectivity index (χ4n) is 1.00. The molecule has 0 radical (unpaired) electrons. The molecular formula is C9H11N4O4-. The van der Waals surface area contributed by atoms with E-state index in [2.05, 4.69) is 16.0 Å². The molecule has 0 aliphatic heterocycles. The first kappa shape index (κ1) is 12.7. The molecule has 8 heteroatoms. The standard InChI is InChI=1S/C9H12N4O4/c1-13-5-4-6(12-13)9(17)11-10-7(14)2-3-8(15)16/h4-5H,2-3H2,1H3,(H,10,14)(H,11,17)(H,15,16)/p-1. The number of aryl methyl sites for hydroxylation is 1. The number of rotatable bonds is 4. The lowest BCUT2D eigenvalue weighted by molar-refractivity contribution is -0.305. The smallest absolute Gasteiger partial charge is 0.290 e. The van der Waals surface area contributed by atoms with Crippen molar-refractivity contribution in [1.29, 1.82) is 0 Å². The van der Waals surface area contributed by atoms with Gasteiger partial charge < -0.3 is 9.90 Å². The van der Waals surface area contributed by atoms with Gasteiger partial charge in [0.25, 0.3) is 5.91 Å². The van der Waals surface area contributed by atoms with Gasteiger partial charge in [-0.3, -0.25) is 25.1 Å². The Morgan fingerprint density at radius 2 is 2.06 bits per heavy atom. The predicted octanol–water partition coefficient (Wildman–Crippen LogP) is -2.29. The van der Waals surface area contributed by atoms with E-state index < -0.39 is 24.2 Å². The summed E-state index contributed by atoms with van der Waals surface area (Å²) in [5.74, 6) is -2.51. The van der Waals surface area contributed by atoms with E-state index in [0.717, 1.165) is 0 Å².